The van der Waals surface area contributed by atoms with Gasteiger partial charge in [-0.25, -0.2) is 4.79 Å². The number of ether oxygens (including phenoxy) is 3. The lowest BCUT2D eigenvalue weighted by Crippen LogP contribution is -2.57. The average Bonchev–Trinajstić information content (AvgIpc) is 2.65. The molecule has 180 valence electrons. The van der Waals surface area contributed by atoms with Gasteiger partial charge in [-0.15, -0.1) is 0 Å². The number of esters is 1. The van der Waals surface area contributed by atoms with Crippen LogP contribution in [0.2, 0.25) is 0 Å². The summed E-state index contributed by atoms with van der Waals surface area (Å²) in [6, 6.07) is 5.17. The molecule has 0 radical (unpaired) electrons. The molecule has 1 aromatic rings. The molecular formula is C23H35NO8. The van der Waals surface area contributed by atoms with Gasteiger partial charge < -0.3 is 34.8 Å². The third-order valence-electron chi connectivity index (χ3n) is 4.93. The molecule has 1 aliphatic heterocycles. The van der Waals surface area contributed by atoms with Crippen LogP contribution in [0.3, 0.4) is 0 Å². The minimum atomic E-state index is -1.61. The number of rotatable bonds is 6. The van der Waals surface area contributed by atoms with Gasteiger partial charge in [-0.05, 0) is 59.2 Å². The maximum Gasteiger partial charge on any atom is 0.335 e. The number of hydrogen-bond acceptors (Lipinski definition) is 8. The van der Waals surface area contributed by atoms with E-state index in [9.17, 15) is 24.9 Å². The molecule has 4 N–H and O–H groups in total. The largest absolute Gasteiger partial charge is 0.479 e. The summed E-state index contributed by atoms with van der Waals surface area (Å²) >= 11 is 0. The smallest absolute Gasteiger partial charge is 0.335 e. The number of benzene rings is 1. The SMILES string of the molecule is CC1C(Oc2ccc(COC(=O)C(C)(C)C)cc2NC(C)(C)C)OC(C(=O)O)C(O)C1O. The highest BCUT2D eigenvalue weighted by Gasteiger charge is 2.46. The number of carboxylic acid groups (broad SMARTS) is 1. The van der Waals surface area contributed by atoms with Gasteiger partial charge in [-0.3, -0.25) is 4.79 Å². The Bertz CT molecular complexity index is 826. The molecule has 9 nitrogen and oxygen atoms in total. The maximum atomic E-state index is 12.1. The minimum Gasteiger partial charge on any atom is -0.479 e. The second-order valence-corrected chi connectivity index (χ2v) is 10.3. The van der Waals surface area contributed by atoms with E-state index in [2.05, 4.69) is 5.32 Å². The number of carbonyl (C=O) groups excluding carboxylic acids is 1. The Morgan fingerprint density at radius 3 is 2.25 bits per heavy atom. The number of anilines is 1. The van der Waals surface area contributed by atoms with Gasteiger partial charge in [0.15, 0.2) is 6.10 Å². The normalized spacial score (nSPS) is 26.3. The Kier molecular flexibility index (Phi) is 7.80. The highest BCUT2D eigenvalue weighted by atomic mass is 16.7. The topological polar surface area (TPSA) is 135 Å². The van der Waals surface area contributed by atoms with Gasteiger partial charge >= 0.3 is 11.9 Å². The van der Waals surface area contributed by atoms with E-state index in [-0.39, 0.29) is 18.1 Å². The number of hydrogen-bond donors (Lipinski definition) is 4. The molecule has 0 bridgehead atoms. The quantitative estimate of drug-likeness (QED) is 0.479. The van der Waals surface area contributed by atoms with E-state index in [4.69, 9.17) is 14.2 Å². The van der Waals surface area contributed by atoms with Crippen molar-refractivity contribution >= 4 is 17.6 Å². The fraction of sp³-hybridized carbons (Fsp3) is 0.652. The molecule has 32 heavy (non-hydrogen) atoms. The first-order chi connectivity index (χ1) is 14.6. The number of carboxylic acids is 1. The van der Waals surface area contributed by atoms with E-state index in [1.54, 1.807) is 45.9 Å². The van der Waals surface area contributed by atoms with Crippen molar-refractivity contribution < 1.29 is 39.1 Å². The summed E-state index contributed by atoms with van der Waals surface area (Å²) in [4.78, 5) is 23.5. The molecule has 0 amide bonds. The van der Waals surface area contributed by atoms with Gasteiger partial charge in [0.2, 0.25) is 6.29 Å². The van der Waals surface area contributed by atoms with Crippen LogP contribution in [0.1, 0.15) is 54.0 Å². The van der Waals surface area contributed by atoms with Gasteiger partial charge in [0, 0.05) is 11.5 Å². The van der Waals surface area contributed by atoms with Gasteiger partial charge in [-0.2, -0.15) is 0 Å². The van der Waals surface area contributed by atoms with Crippen molar-refractivity contribution in [3.63, 3.8) is 0 Å². The molecule has 0 spiro atoms. The number of carbonyl (C=O) groups is 2. The maximum absolute atomic E-state index is 12.1. The predicted molar refractivity (Wildman–Crippen MR) is 117 cm³/mol. The first-order valence-electron chi connectivity index (χ1n) is 10.6. The van der Waals surface area contributed by atoms with Crippen LogP contribution in [0.15, 0.2) is 18.2 Å². The standard InChI is InChI=1S/C23H35NO8/c1-12-16(25)17(26)18(19(27)28)32-20(12)31-15-9-8-13(10-14(15)24-23(5,6)7)11-30-21(29)22(2,3)4/h8-10,12,16-18,20,24-26H,11H2,1-7H3,(H,27,28). The van der Waals surface area contributed by atoms with Gasteiger partial charge in [-0.1, -0.05) is 13.0 Å². The monoisotopic (exact) mass is 453 g/mol. The molecular weight excluding hydrogens is 418 g/mol. The second-order valence-electron chi connectivity index (χ2n) is 10.3. The van der Waals surface area contributed by atoms with Gasteiger partial charge in [0.1, 0.15) is 18.5 Å². The first kappa shape index (κ1) is 25.9. The molecule has 2 rings (SSSR count). The van der Waals surface area contributed by atoms with Crippen LogP contribution in [-0.2, 0) is 25.7 Å². The zero-order valence-corrected chi connectivity index (χ0v) is 19.7. The first-order valence-corrected chi connectivity index (χ1v) is 10.6. The Labute approximate surface area is 188 Å². The zero-order chi connectivity index (χ0) is 24.4. The van der Waals surface area contributed by atoms with Crippen molar-refractivity contribution in [2.45, 2.75) is 85.2 Å². The molecule has 1 saturated heterocycles. The summed E-state index contributed by atoms with van der Waals surface area (Å²) in [5, 5.41) is 32.9. The van der Waals surface area contributed by atoms with Crippen LogP contribution >= 0.6 is 0 Å². The molecule has 5 atom stereocenters. The molecule has 1 heterocycles. The number of nitrogens with one attached hydrogen (secondary N) is 1. The van der Waals surface area contributed by atoms with Crippen LogP contribution in [0.4, 0.5) is 5.69 Å². The van der Waals surface area contributed by atoms with Crippen LogP contribution in [0.5, 0.6) is 5.75 Å². The Morgan fingerprint density at radius 1 is 1.09 bits per heavy atom. The summed E-state index contributed by atoms with van der Waals surface area (Å²) in [5.74, 6) is -2.02. The van der Waals surface area contributed by atoms with Crippen LogP contribution in [0.25, 0.3) is 0 Å². The molecule has 1 aliphatic rings. The summed E-state index contributed by atoms with van der Waals surface area (Å²) in [5.41, 5.74) is 0.371. The molecule has 9 heteroatoms. The van der Waals surface area contributed by atoms with E-state index in [1.165, 1.54) is 0 Å². The van der Waals surface area contributed by atoms with Crippen molar-refractivity contribution in [1.29, 1.82) is 0 Å². The molecule has 0 aliphatic carbocycles. The number of aliphatic hydroxyl groups excluding tert-OH is 2. The lowest BCUT2D eigenvalue weighted by Gasteiger charge is -2.39. The highest BCUT2D eigenvalue weighted by Crippen LogP contribution is 2.34. The van der Waals surface area contributed by atoms with E-state index >= 15 is 0 Å². The molecule has 1 fully saturated rings. The van der Waals surface area contributed by atoms with Crippen LogP contribution in [-0.4, -0.2) is 57.4 Å². The predicted octanol–water partition coefficient (Wildman–Crippen LogP) is 2.53. The van der Waals surface area contributed by atoms with E-state index < -0.39 is 41.9 Å². The molecule has 5 unspecified atom stereocenters. The third-order valence-corrected chi connectivity index (χ3v) is 4.93. The van der Waals surface area contributed by atoms with E-state index in [0.29, 0.717) is 11.4 Å². The van der Waals surface area contributed by atoms with Crippen LogP contribution in [0, 0.1) is 11.3 Å². The van der Waals surface area contributed by atoms with Crippen molar-refractivity contribution in [2.75, 3.05) is 5.32 Å². The van der Waals surface area contributed by atoms with Crippen molar-refractivity contribution in [3.8, 4) is 5.75 Å². The van der Waals surface area contributed by atoms with Crippen molar-refractivity contribution in [2.24, 2.45) is 11.3 Å². The Morgan fingerprint density at radius 2 is 1.72 bits per heavy atom. The van der Waals surface area contributed by atoms with Crippen LogP contribution < -0.4 is 10.1 Å². The lowest BCUT2D eigenvalue weighted by molar-refractivity contribution is -0.251. The molecule has 0 aromatic heterocycles. The summed E-state index contributed by atoms with van der Waals surface area (Å²) in [7, 11) is 0. The molecule has 0 saturated carbocycles. The van der Waals surface area contributed by atoms with E-state index in [0.717, 1.165) is 5.56 Å². The lowest BCUT2D eigenvalue weighted by atomic mass is 9.92. The van der Waals surface area contributed by atoms with Crippen molar-refractivity contribution in [3.05, 3.63) is 23.8 Å². The summed E-state index contributed by atoms with van der Waals surface area (Å²) in [6.45, 7) is 12.9. The third kappa shape index (κ3) is 6.57. The minimum absolute atomic E-state index is 0.0809. The average molecular weight is 454 g/mol. The Hall–Kier alpha value is -2.36. The number of aliphatic hydroxyl groups is 2. The van der Waals surface area contributed by atoms with Gasteiger partial charge in [0.25, 0.3) is 0 Å². The Balaban J connectivity index is 2.27. The van der Waals surface area contributed by atoms with Gasteiger partial charge in [0.05, 0.1) is 17.2 Å². The fourth-order valence-electron chi connectivity index (χ4n) is 3.10. The second kappa shape index (κ2) is 9.64. The summed E-state index contributed by atoms with van der Waals surface area (Å²) in [6.07, 6.45) is -5.60. The van der Waals surface area contributed by atoms with Crippen molar-refractivity contribution in [1.82, 2.24) is 0 Å². The number of aliphatic carboxylic acids is 1. The summed E-state index contributed by atoms with van der Waals surface area (Å²) < 4.78 is 16.8. The zero-order valence-electron chi connectivity index (χ0n) is 19.7. The fourth-order valence-corrected chi connectivity index (χ4v) is 3.10. The van der Waals surface area contributed by atoms with E-state index in [1.807, 2.05) is 20.8 Å². The molecule has 1 aromatic carbocycles. The highest BCUT2D eigenvalue weighted by molar-refractivity contribution is 5.75.